The summed E-state index contributed by atoms with van der Waals surface area (Å²) in [4.78, 5) is 33.3. The van der Waals surface area contributed by atoms with Gasteiger partial charge in [0, 0.05) is 24.7 Å². The van der Waals surface area contributed by atoms with Crippen molar-refractivity contribution in [2.45, 2.75) is 58.2 Å². The van der Waals surface area contributed by atoms with Crippen molar-refractivity contribution in [2.75, 3.05) is 5.32 Å². The number of carbonyl (C=O) groups is 1. The van der Waals surface area contributed by atoms with Crippen LogP contribution in [0.2, 0.25) is 0 Å². The minimum atomic E-state index is -0.315. The van der Waals surface area contributed by atoms with Gasteiger partial charge in [0.15, 0.2) is 10.9 Å². The standard InChI is InChI=1S/C25H24FN7OS/c1-3-32-21(24(34)33(14-5-6-14)15-7-8-15)12(2)18-19-20(28-11-27-19)22(30-23(18)32)31-25-29-16-10-13(26)4-9-17(16)35-25/h4,9-11,14-15H,3,5-8H2,1-2H3,(H,27,28)(H,29,30,31). The Morgan fingerprint density at radius 3 is 2.74 bits per heavy atom. The van der Waals surface area contributed by atoms with Crippen molar-refractivity contribution in [1.29, 1.82) is 0 Å². The molecule has 0 spiro atoms. The summed E-state index contributed by atoms with van der Waals surface area (Å²) in [6.07, 6.45) is 6.02. The second kappa shape index (κ2) is 7.48. The van der Waals surface area contributed by atoms with Crippen LogP contribution in [-0.4, -0.2) is 47.4 Å². The number of H-pyrrole nitrogens is 1. The number of carbonyl (C=O) groups excluding carboxylic acids is 1. The van der Waals surface area contributed by atoms with E-state index in [0.717, 1.165) is 58.0 Å². The molecule has 2 fully saturated rings. The molecule has 1 amide bonds. The second-order valence-electron chi connectivity index (χ2n) is 9.43. The fourth-order valence-electron chi connectivity index (χ4n) is 5.14. The highest BCUT2D eigenvalue weighted by atomic mass is 32.1. The number of halogens is 1. The number of hydrogen-bond acceptors (Lipinski definition) is 6. The summed E-state index contributed by atoms with van der Waals surface area (Å²) in [6.45, 7) is 4.67. The van der Waals surface area contributed by atoms with E-state index in [1.54, 1.807) is 12.4 Å². The van der Waals surface area contributed by atoms with Crippen molar-refractivity contribution < 1.29 is 9.18 Å². The molecule has 1 aromatic carbocycles. The Bertz CT molecular complexity index is 1630. The molecular formula is C25H24FN7OS. The van der Waals surface area contributed by atoms with E-state index in [0.29, 0.717) is 40.8 Å². The fraction of sp³-hybridized carbons (Fsp3) is 0.360. The average molecular weight is 490 g/mol. The summed E-state index contributed by atoms with van der Waals surface area (Å²) >= 11 is 1.43. The summed E-state index contributed by atoms with van der Waals surface area (Å²) in [7, 11) is 0. The van der Waals surface area contributed by atoms with Gasteiger partial charge >= 0.3 is 0 Å². The van der Waals surface area contributed by atoms with Crippen LogP contribution >= 0.6 is 11.3 Å². The molecule has 0 saturated heterocycles. The maximum Gasteiger partial charge on any atom is 0.271 e. The summed E-state index contributed by atoms with van der Waals surface area (Å²) in [5.74, 6) is 0.375. The Hall–Kier alpha value is -3.53. The maximum absolute atomic E-state index is 13.8. The Labute approximate surface area is 204 Å². The highest BCUT2D eigenvalue weighted by Crippen LogP contribution is 2.41. The monoisotopic (exact) mass is 489 g/mol. The van der Waals surface area contributed by atoms with Gasteiger partial charge in [-0.05, 0) is 57.2 Å². The molecule has 2 aliphatic rings. The lowest BCUT2D eigenvalue weighted by Gasteiger charge is -2.23. The van der Waals surface area contributed by atoms with Crippen molar-refractivity contribution in [1.82, 2.24) is 29.4 Å². The number of imidazole rings is 1. The predicted molar refractivity (Wildman–Crippen MR) is 135 cm³/mol. The quantitative estimate of drug-likeness (QED) is 0.329. The number of thiazole rings is 1. The van der Waals surface area contributed by atoms with Crippen LogP contribution in [0.3, 0.4) is 0 Å². The van der Waals surface area contributed by atoms with E-state index in [2.05, 4.69) is 25.2 Å². The summed E-state index contributed by atoms with van der Waals surface area (Å²) in [5, 5.41) is 4.83. The van der Waals surface area contributed by atoms with Crippen LogP contribution in [0.5, 0.6) is 0 Å². The SMILES string of the molecule is CCn1c(C(=O)N(C2CC2)C2CC2)c(C)c2c3nc[nH]c3c(Nc3nc4cc(F)ccc4s3)nc21. The van der Waals surface area contributed by atoms with E-state index in [9.17, 15) is 9.18 Å². The van der Waals surface area contributed by atoms with Gasteiger partial charge in [0.1, 0.15) is 28.2 Å². The highest BCUT2D eigenvalue weighted by molar-refractivity contribution is 7.22. The van der Waals surface area contributed by atoms with E-state index in [4.69, 9.17) is 4.98 Å². The largest absolute Gasteiger partial charge is 0.342 e. The third-order valence-corrected chi connectivity index (χ3v) is 7.97. The normalized spacial score (nSPS) is 16.0. The number of pyridine rings is 1. The molecule has 5 aromatic rings. The lowest BCUT2D eigenvalue weighted by Crippen LogP contribution is -2.36. The summed E-state index contributed by atoms with van der Waals surface area (Å²) in [6, 6.07) is 5.33. The van der Waals surface area contributed by atoms with Crippen LogP contribution in [0, 0.1) is 12.7 Å². The zero-order valence-corrected chi connectivity index (χ0v) is 20.2. The van der Waals surface area contributed by atoms with Gasteiger partial charge in [0.05, 0.1) is 21.9 Å². The van der Waals surface area contributed by atoms with Gasteiger partial charge in [-0.1, -0.05) is 11.3 Å². The van der Waals surface area contributed by atoms with E-state index in [-0.39, 0.29) is 11.7 Å². The molecule has 178 valence electrons. The number of nitrogens with one attached hydrogen (secondary N) is 2. The first kappa shape index (κ1) is 20.8. The number of aromatic amines is 1. The van der Waals surface area contributed by atoms with Gasteiger partial charge in [0.2, 0.25) is 0 Å². The van der Waals surface area contributed by atoms with Crippen molar-refractivity contribution in [3.8, 4) is 0 Å². The number of amides is 1. The third kappa shape index (κ3) is 3.23. The van der Waals surface area contributed by atoms with Gasteiger partial charge < -0.3 is 19.8 Å². The number of nitrogens with zero attached hydrogens (tertiary/aromatic N) is 5. The zero-order chi connectivity index (χ0) is 23.8. The highest BCUT2D eigenvalue weighted by Gasteiger charge is 2.43. The number of aromatic nitrogens is 5. The van der Waals surface area contributed by atoms with Crippen LogP contribution in [0.15, 0.2) is 24.5 Å². The second-order valence-corrected chi connectivity index (χ2v) is 10.5. The molecule has 2 N–H and O–H groups in total. The molecule has 2 saturated carbocycles. The van der Waals surface area contributed by atoms with Crippen LogP contribution in [0.4, 0.5) is 15.3 Å². The van der Waals surface area contributed by atoms with Gasteiger partial charge in [-0.2, -0.15) is 0 Å². The topological polar surface area (TPSA) is 91.7 Å². The van der Waals surface area contributed by atoms with E-state index in [1.165, 1.54) is 23.5 Å². The van der Waals surface area contributed by atoms with Gasteiger partial charge in [0.25, 0.3) is 5.91 Å². The van der Waals surface area contributed by atoms with Gasteiger partial charge in [-0.15, -0.1) is 0 Å². The molecule has 4 heterocycles. The van der Waals surface area contributed by atoms with Crippen molar-refractivity contribution in [3.63, 3.8) is 0 Å². The van der Waals surface area contributed by atoms with E-state index < -0.39 is 0 Å². The maximum atomic E-state index is 13.8. The molecule has 4 aromatic heterocycles. The lowest BCUT2D eigenvalue weighted by atomic mass is 10.1. The van der Waals surface area contributed by atoms with Crippen LogP contribution in [-0.2, 0) is 6.54 Å². The number of anilines is 2. The molecule has 7 rings (SSSR count). The summed E-state index contributed by atoms with van der Waals surface area (Å²) < 4.78 is 16.6. The molecule has 10 heteroatoms. The van der Waals surface area contributed by atoms with Crippen LogP contribution in [0.1, 0.15) is 48.7 Å². The molecule has 8 nitrogen and oxygen atoms in total. The van der Waals surface area contributed by atoms with Crippen molar-refractivity contribution in [2.24, 2.45) is 0 Å². The van der Waals surface area contributed by atoms with Crippen molar-refractivity contribution >= 4 is 60.5 Å². The van der Waals surface area contributed by atoms with Crippen LogP contribution in [0.25, 0.3) is 32.3 Å². The minimum Gasteiger partial charge on any atom is -0.342 e. The molecular weight excluding hydrogens is 465 g/mol. The zero-order valence-electron chi connectivity index (χ0n) is 19.4. The molecule has 0 aliphatic heterocycles. The molecule has 0 unspecified atom stereocenters. The number of benzene rings is 1. The average Bonchev–Trinajstić information content (AvgIpc) is 3.74. The number of hydrogen-bond donors (Lipinski definition) is 2. The first-order chi connectivity index (χ1) is 17.0. The Balaban J connectivity index is 1.38. The van der Waals surface area contributed by atoms with E-state index in [1.807, 2.05) is 18.4 Å². The third-order valence-electron chi connectivity index (χ3n) is 7.02. The Morgan fingerprint density at radius 2 is 2.03 bits per heavy atom. The molecule has 2 aliphatic carbocycles. The predicted octanol–water partition coefficient (Wildman–Crippen LogP) is 5.50. The van der Waals surface area contributed by atoms with Crippen LogP contribution < -0.4 is 5.32 Å². The molecule has 35 heavy (non-hydrogen) atoms. The smallest absolute Gasteiger partial charge is 0.271 e. The first-order valence-corrected chi connectivity index (χ1v) is 12.9. The van der Waals surface area contributed by atoms with Gasteiger partial charge in [-0.3, -0.25) is 4.79 Å². The number of aryl methyl sites for hydroxylation is 2. The Morgan fingerprint density at radius 1 is 1.26 bits per heavy atom. The molecule has 0 radical (unpaired) electrons. The number of rotatable bonds is 6. The first-order valence-electron chi connectivity index (χ1n) is 12.0. The Kier molecular flexibility index (Phi) is 4.45. The van der Waals surface area contributed by atoms with E-state index >= 15 is 0 Å². The minimum absolute atomic E-state index is 0.110. The molecule has 0 atom stereocenters. The summed E-state index contributed by atoms with van der Waals surface area (Å²) in [5.41, 5.74) is 4.48. The molecule has 0 bridgehead atoms. The van der Waals surface area contributed by atoms with Gasteiger partial charge in [-0.25, -0.2) is 19.3 Å². The lowest BCUT2D eigenvalue weighted by molar-refractivity contribution is 0.0718. The fourth-order valence-corrected chi connectivity index (χ4v) is 5.99. The van der Waals surface area contributed by atoms with Crippen molar-refractivity contribution in [3.05, 3.63) is 41.6 Å². The number of fused-ring (bicyclic) bond motifs is 4.